The molecular weight excluding hydrogens is 464 g/mol. The summed E-state index contributed by atoms with van der Waals surface area (Å²) in [4.78, 5) is 28.3. The number of piperidine rings is 1. The van der Waals surface area contributed by atoms with Gasteiger partial charge in [0.1, 0.15) is 5.75 Å². The van der Waals surface area contributed by atoms with Crippen LogP contribution in [0.5, 0.6) is 5.75 Å². The van der Waals surface area contributed by atoms with Crippen LogP contribution in [0, 0.1) is 0 Å². The maximum atomic E-state index is 13.0. The van der Waals surface area contributed by atoms with E-state index in [1.54, 1.807) is 13.2 Å². The average Bonchev–Trinajstić information content (AvgIpc) is 3.33. The third-order valence-corrected chi connectivity index (χ3v) is 7.17. The number of benzene rings is 3. The predicted molar refractivity (Wildman–Crippen MR) is 149 cm³/mol. The van der Waals surface area contributed by atoms with E-state index >= 15 is 0 Å². The number of para-hydroxylation sites is 2. The number of amides is 1. The summed E-state index contributed by atoms with van der Waals surface area (Å²) in [5.41, 5.74) is 5.28. The van der Waals surface area contributed by atoms with Crippen LogP contribution in [-0.4, -0.2) is 49.9 Å². The molecule has 0 aromatic heterocycles. The van der Waals surface area contributed by atoms with Crippen LogP contribution < -0.4 is 20.7 Å². The number of Topliss-reactive ketones (excluding diaryl/α,β-unsaturated/α-hetero) is 1. The third kappa shape index (κ3) is 5.78. The number of carbonyl (C=O) groups is 2. The summed E-state index contributed by atoms with van der Waals surface area (Å²) in [7, 11) is 1.63. The second-order valence-electron chi connectivity index (χ2n) is 9.62. The van der Waals surface area contributed by atoms with Gasteiger partial charge in [-0.2, -0.15) is 0 Å². The Morgan fingerprint density at radius 2 is 1.65 bits per heavy atom. The first kappa shape index (κ1) is 24.8. The summed E-state index contributed by atoms with van der Waals surface area (Å²) in [5, 5.41) is 9.82. The number of nitrogens with zero attached hydrogens (tertiary/aromatic N) is 1. The highest BCUT2D eigenvalue weighted by Gasteiger charge is 2.27. The van der Waals surface area contributed by atoms with E-state index in [1.807, 2.05) is 54.6 Å². The lowest BCUT2D eigenvalue weighted by Gasteiger charge is -2.26. The van der Waals surface area contributed by atoms with Gasteiger partial charge >= 0.3 is 0 Å². The molecule has 1 heterocycles. The van der Waals surface area contributed by atoms with Gasteiger partial charge in [0.05, 0.1) is 18.5 Å². The SMILES string of the molecule is COc1ccccc1Nc1ccc(NC(=O)c2ccc(NCCN3CCCCC3)cc2)c2c1CCC2=O. The number of ether oxygens (including phenoxy) is 1. The van der Waals surface area contributed by atoms with E-state index in [2.05, 4.69) is 20.9 Å². The lowest BCUT2D eigenvalue weighted by atomic mass is 10.0. The molecule has 0 atom stereocenters. The monoisotopic (exact) mass is 498 g/mol. The number of ketones is 1. The van der Waals surface area contributed by atoms with Crippen LogP contribution >= 0.6 is 0 Å². The Hall–Kier alpha value is -3.84. The summed E-state index contributed by atoms with van der Waals surface area (Å²) >= 11 is 0. The smallest absolute Gasteiger partial charge is 0.255 e. The zero-order valence-corrected chi connectivity index (χ0v) is 21.3. The molecule has 0 bridgehead atoms. The van der Waals surface area contributed by atoms with Crippen molar-refractivity contribution in [2.45, 2.75) is 32.1 Å². The molecule has 3 aromatic carbocycles. The molecule has 0 saturated carbocycles. The van der Waals surface area contributed by atoms with Gasteiger partial charge in [0.25, 0.3) is 5.91 Å². The number of likely N-dealkylation sites (tertiary alicyclic amines) is 1. The second kappa shape index (κ2) is 11.5. The van der Waals surface area contributed by atoms with E-state index in [4.69, 9.17) is 4.74 Å². The fourth-order valence-corrected chi connectivity index (χ4v) is 5.18. The van der Waals surface area contributed by atoms with Crippen molar-refractivity contribution < 1.29 is 14.3 Å². The maximum Gasteiger partial charge on any atom is 0.255 e. The lowest BCUT2D eigenvalue weighted by molar-refractivity contribution is 0.0995. The zero-order valence-electron chi connectivity index (χ0n) is 21.3. The summed E-state index contributed by atoms with van der Waals surface area (Å²) < 4.78 is 5.45. The molecule has 2 aliphatic rings. The van der Waals surface area contributed by atoms with E-state index in [0.29, 0.717) is 29.7 Å². The van der Waals surface area contributed by atoms with Gasteiger partial charge in [0.15, 0.2) is 5.78 Å². The summed E-state index contributed by atoms with van der Waals surface area (Å²) in [5.74, 6) is 0.539. The lowest BCUT2D eigenvalue weighted by Crippen LogP contribution is -2.33. The summed E-state index contributed by atoms with van der Waals surface area (Å²) in [6, 6.07) is 18.9. The first-order chi connectivity index (χ1) is 18.1. The van der Waals surface area contributed by atoms with Gasteiger partial charge in [-0.05, 0) is 86.4 Å². The van der Waals surface area contributed by atoms with Crippen LogP contribution in [0.4, 0.5) is 22.7 Å². The molecule has 5 rings (SSSR count). The Bertz CT molecular complexity index is 1270. The molecule has 1 aliphatic carbocycles. The molecule has 1 saturated heterocycles. The first-order valence-corrected chi connectivity index (χ1v) is 13.1. The van der Waals surface area contributed by atoms with Gasteiger partial charge in [0.2, 0.25) is 0 Å². The molecule has 192 valence electrons. The van der Waals surface area contributed by atoms with Crippen molar-refractivity contribution in [1.29, 1.82) is 0 Å². The standard InChI is InChI=1S/C30H34N4O3/c1-37-28-8-4-3-7-25(28)32-24-14-15-26(29-23(24)13-16-27(29)35)33-30(36)21-9-11-22(12-10-21)31-17-20-34-18-5-2-6-19-34/h3-4,7-12,14-15,31-32H,2,5-6,13,16-20H2,1H3,(H,33,36). The number of hydrogen-bond acceptors (Lipinski definition) is 6. The van der Waals surface area contributed by atoms with Gasteiger partial charge in [-0.3, -0.25) is 9.59 Å². The molecule has 3 aromatic rings. The van der Waals surface area contributed by atoms with Gasteiger partial charge in [0, 0.05) is 42.0 Å². The first-order valence-electron chi connectivity index (χ1n) is 13.1. The second-order valence-corrected chi connectivity index (χ2v) is 9.62. The molecule has 1 aliphatic heterocycles. The van der Waals surface area contributed by atoms with E-state index in [-0.39, 0.29) is 11.7 Å². The normalized spacial score (nSPS) is 15.2. The Balaban J connectivity index is 1.25. The largest absolute Gasteiger partial charge is 0.495 e. The van der Waals surface area contributed by atoms with Crippen molar-refractivity contribution in [3.05, 3.63) is 77.4 Å². The zero-order chi connectivity index (χ0) is 25.6. The third-order valence-electron chi connectivity index (χ3n) is 7.17. The van der Waals surface area contributed by atoms with Crippen LogP contribution in [0.1, 0.15) is 52.0 Å². The van der Waals surface area contributed by atoms with Crippen LogP contribution in [0.3, 0.4) is 0 Å². The van der Waals surface area contributed by atoms with Crippen LogP contribution in [-0.2, 0) is 6.42 Å². The fraction of sp³-hybridized carbons (Fsp3) is 0.333. The molecule has 1 fully saturated rings. The number of nitrogens with one attached hydrogen (secondary N) is 3. The topological polar surface area (TPSA) is 82.7 Å². The minimum Gasteiger partial charge on any atom is -0.495 e. The molecule has 3 N–H and O–H groups in total. The minimum atomic E-state index is -0.229. The molecule has 1 amide bonds. The van der Waals surface area contributed by atoms with Crippen molar-refractivity contribution in [3.8, 4) is 5.75 Å². The number of hydrogen-bond donors (Lipinski definition) is 3. The van der Waals surface area contributed by atoms with Gasteiger partial charge in [-0.15, -0.1) is 0 Å². The van der Waals surface area contributed by atoms with Crippen molar-refractivity contribution in [3.63, 3.8) is 0 Å². The number of methoxy groups -OCH3 is 1. The number of rotatable bonds is 9. The van der Waals surface area contributed by atoms with Crippen molar-refractivity contribution >= 4 is 34.4 Å². The van der Waals surface area contributed by atoms with Crippen molar-refractivity contribution in [2.24, 2.45) is 0 Å². The minimum absolute atomic E-state index is 0.0437. The van der Waals surface area contributed by atoms with Gasteiger partial charge in [-0.1, -0.05) is 18.6 Å². The molecule has 0 spiro atoms. The van der Waals surface area contributed by atoms with Crippen molar-refractivity contribution in [1.82, 2.24) is 4.90 Å². The van der Waals surface area contributed by atoms with E-state index in [1.165, 1.54) is 32.4 Å². The highest BCUT2D eigenvalue weighted by molar-refractivity contribution is 6.12. The molecular formula is C30H34N4O3. The quantitative estimate of drug-likeness (QED) is 0.350. The number of fused-ring (bicyclic) bond motifs is 1. The van der Waals surface area contributed by atoms with Crippen LogP contribution in [0.25, 0.3) is 0 Å². The average molecular weight is 499 g/mol. The molecule has 0 unspecified atom stereocenters. The highest BCUT2D eigenvalue weighted by atomic mass is 16.5. The van der Waals surface area contributed by atoms with Crippen LogP contribution in [0.2, 0.25) is 0 Å². The van der Waals surface area contributed by atoms with E-state index in [9.17, 15) is 9.59 Å². The Morgan fingerprint density at radius 1 is 0.892 bits per heavy atom. The summed E-state index contributed by atoms with van der Waals surface area (Å²) in [6.07, 6.45) is 4.99. The molecule has 37 heavy (non-hydrogen) atoms. The summed E-state index contributed by atoms with van der Waals surface area (Å²) in [6.45, 7) is 4.29. The molecule has 7 heteroatoms. The van der Waals surface area contributed by atoms with Gasteiger partial charge < -0.3 is 25.6 Å². The Morgan fingerprint density at radius 3 is 2.43 bits per heavy atom. The van der Waals surface area contributed by atoms with Crippen molar-refractivity contribution in [2.75, 3.05) is 49.2 Å². The number of anilines is 4. The van der Waals surface area contributed by atoms with Gasteiger partial charge in [-0.25, -0.2) is 0 Å². The van der Waals surface area contributed by atoms with Crippen LogP contribution in [0.15, 0.2) is 60.7 Å². The maximum absolute atomic E-state index is 13.0. The van der Waals surface area contributed by atoms with E-state index < -0.39 is 0 Å². The molecule has 7 nitrogen and oxygen atoms in total. The molecule has 0 radical (unpaired) electrons. The Kier molecular flexibility index (Phi) is 7.70. The fourth-order valence-electron chi connectivity index (χ4n) is 5.18. The van der Waals surface area contributed by atoms with E-state index in [0.717, 1.165) is 41.5 Å². The number of carbonyl (C=O) groups excluding carboxylic acids is 2. The Labute approximate surface area is 218 Å². The highest BCUT2D eigenvalue weighted by Crippen LogP contribution is 2.37. The predicted octanol–water partition coefficient (Wildman–Crippen LogP) is 5.72.